The fourth-order valence-corrected chi connectivity index (χ4v) is 3.16. The van der Waals surface area contributed by atoms with Gasteiger partial charge in [0.25, 0.3) is 0 Å². The number of nitrogens with two attached hydrogens (primary N) is 1. The van der Waals surface area contributed by atoms with Crippen LogP contribution in [-0.2, 0) is 16.1 Å². The van der Waals surface area contributed by atoms with E-state index in [-0.39, 0.29) is 18.8 Å². The number of ether oxygens (including phenoxy) is 1. The first-order valence-electron chi connectivity index (χ1n) is 10.3. The normalized spacial score (nSPS) is 14.5. The first kappa shape index (κ1) is 25.8. The molecule has 3 aromatic heterocycles. The molecule has 0 atom stereocenters. The van der Waals surface area contributed by atoms with Crippen molar-refractivity contribution in [2.24, 2.45) is 5.73 Å². The number of halogens is 4. The van der Waals surface area contributed by atoms with Gasteiger partial charge in [-0.2, -0.15) is 13.2 Å². The van der Waals surface area contributed by atoms with E-state index < -0.39 is 12.1 Å². The van der Waals surface area contributed by atoms with E-state index in [9.17, 15) is 22.4 Å². The summed E-state index contributed by atoms with van der Waals surface area (Å²) in [6.07, 6.45) is -1.16. The summed E-state index contributed by atoms with van der Waals surface area (Å²) in [6.45, 7) is 3.12. The van der Waals surface area contributed by atoms with Crippen molar-refractivity contribution < 1.29 is 32.2 Å². The zero-order valence-corrected chi connectivity index (χ0v) is 18.3. The number of hydrogen-bond donors (Lipinski definition) is 2. The first-order valence-corrected chi connectivity index (χ1v) is 10.3. The summed E-state index contributed by atoms with van der Waals surface area (Å²) in [5.41, 5.74) is 7.64. The molecule has 3 aromatic rings. The third-order valence-electron chi connectivity index (χ3n) is 5.01. The molecule has 14 heteroatoms. The maximum Gasteiger partial charge on any atom is 0.490 e. The highest BCUT2D eigenvalue weighted by Gasteiger charge is 2.38. The molecule has 35 heavy (non-hydrogen) atoms. The maximum atomic E-state index is 12.8. The van der Waals surface area contributed by atoms with Gasteiger partial charge in [-0.05, 0) is 29.8 Å². The lowest BCUT2D eigenvalue weighted by Gasteiger charge is -2.27. The molecule has 0 radical (unpaired) electrons. The molecule has 1 aliphatic rings. The number of carboxylic acid groups (broad SMARTS) is 1. The van der Waals surface area contributed by atoms with Gasteiger partial charge >= 0.3 is 17.8 Å². The minimum Gasteiger partial charge on any atom is -0.475 e. The van der Waals surface area contributed by atoms with Crippen molar-refractivity contribution in [3.63, 3.8) is 0 Å². The van der Waals surface area contributed by atoms with Gasteiger partial charge in [-0.15, -0.1) is 5.10 Å². The van der Waals surface area contributed by atoms with E-state index in [2.05, 4.69) is 15.0 Å². The molecule has 0 aromatic carbocycles. The number of rotatable bonds is 5. The van der Waals surface area contributed by atoms with Crippen molar-refractivity contribution in [2.45, 2.75) is 12.7 Å². The monoisotopic (exact) mass is 498 g/mol. The van der Waals surface area contributed by atoms with E-state index in [1.807, 2.05) is 18.2 Å². The van der Waals surface area contributed by atoms with Crippen LogP contribution in [0.4, 0.5) is 23.4 Å². The molecule has 4 rings (SSSR count). The van der Waals surface area contributed by atoms with Gasteiger partial charge in [0.1, 0.15) is 5.82 Å². The van der Waals surface area contributed by atoms with E-state index in [0.29, 0.717) is 30.8 Å². The van der Waals surface area contributed by atoms with Crippen LogP contribution in [0.3, 0.4) is 0 Å². The summed E-state index contributed by atoms with van der Waals surface area (Å²) < 4.78 is 52.5. The van der Waals surface area contributed by atoms with Gasteiger partial charge in [0.05, 0.1) is 26.1 Å². The summed E-state index contributed by atoms with van der Waals surface area (Å²) in [6, 6.07) is 7.58. The van der Waals surface area contributed by atoms with Crippen molar-refractivity contribution in [1.29, 1.82) is 0 Å². The molecule has 0 unspecified atom stereocenters. The number of carboxylic acids is 1. The zero-order chi connectivity index (χ0) is 25.6. The van der Waals surface area contributed by atoms with E-state index >= 15 is 0 Å². The Morgan fingerprint density at radius 3 is 2.37 bits per heavy atom. The van der Waals surface area contributed by atoms with Crippen LogP contribution in [0, 0.1) is 0 Å². The maximum absolute atomic E-state index is 12.8. The Morgan fingerprint density at radius 2 is 1.83 bits per heavy atom. The summed E-state index contributed by atoms with van der Waals surface area (Å²) in [5, 5.41) is 11.4. The van der Waals surface area contributed by atoms with Crippen LogP contribution < -0.4 is 16.3 Å². The van der Waals surface area contributed by atoms with Crippen molar-refractivity contribution in [1.82, 2.24) is 19.2 Å². The highest BCUT2D eigenvalue weighted by atomic mass is 19.4. The average Bonchev–Trinajstić information content (AvgIpc) is 3.17. The fourth-order valence-electron chi connectivity index (χ4n) is 3.16. The lowest BCUT2D eigenvalue weighted by Crippen LogP contribution is -2.36. The molecule has 0 saturated carbocycles. The zero-order valence-electron chi connectivity index (χ0n) is 18.3. The molecular weight excluding hydrogens is 476 g/mol. The average molecular weight is 498 g/mol. The van der Waals surface area contributed by atoms with Crippen molar-refractivity contribution in [3.8, 4) is 11.1 Å². The predicted octanol–water partition coefficient (Wildman–Crippen LogP) is 1.84. The number of aliphatic carboxylic acids is 1. The molecule has 4 heterocycles. The molecule has 1 aliphatic heterocycles. The van der Waals surface area contributed by atoms with Gasteiger partial charge in [-0.1, -0.05) is 0 Å². The molecule has 3 N–H and O–H groups in total. The number of fused-ring (bicyclic) bond motifs is 1. The Labute approximate surface area is 195 Å². The lowest BCUT2D eigenvalue weighted by molar-refractivity contribution is -0.192. The quantitative estimate of drug-likeness (QED) is 0.510. The molecule has 1 fully saturated rings. The third-order valence-corrected chi connectivity index (χ3v) is 5.01. The molecule has 0 spiro atoms. The van der Waals surface area contributed by atoms with Crippen LogP contribution in [0.5, 0.6) is 0 Å². The predicted molar refractivity (Wildman–Crippen MR) is 118 cm³/mol. The molecule has 0 amide bonds. The Hall–Kier alpha value is -3.78. The smallest absolute Gasteiger partial charge is 0.475 e. The van der Waals surface area contributed by atoms with Crippen LogP contribution in [0.25, 0.3) is 16.8 Å². The second kappa shape index (κ2) is 11.1. The Balaban J connectivity index is 0.000000429. The summed E-state index contributed by atoms with van der Waals surface area (Å²) in [4.78, 5) is 28.2. The Bertz CT molecular complexity index is 1250. The Kier molecular flexibility index (Phi) is 8.19. The fraction of sp³-hybridized carbons (Fsp3) is 0.333. The largest absolute Gasteiger partial charge is 0.490 e. The van der Waals surface area contributed by atoms with Crippen LogP contribution in [0.15, 0.2) is 53.4 Å². The SMILES string of the molecule is NC/C(=C\F)Cn1nc2ccc(-c3ccc(N4CCOCC4)nc3)cn2c1=O.O=C(O)C(F)(F)F. The number of aromatic nitrogens is 4. The molecule has 1 saturated heterocycles. The molecule has 188 valence electrons. The number of anilines is 1. The van der Waals surface area contributed by atoms with Crippen LogP contribution in [0.2, 0.25) is 0 Å². The topological polar surface area (TPSA) is 128 Å². The Morgan fingerprint density at radius 1 is 1.17 bits per heavy atom. The molecular formula is C21H22F4N6O4. The minimum atomic E-state index is -5.08. The van der Waals surface area contributed by atoms with Gasteiger partial charge in [0.15, 0.2) is 5.65 Å². The summed E-state index contributed by atoms with van der Waals surface area (Å²) in [5.74, 6) is -1.85. The highest BCUT2D eigenvalue weighted by Crippen LogP contribution is 2.21. The van der Waals surface area contributed by atoms with Crippen LogP contribution in [0.1, 0.15) is 0 Å². The number of pyridine rings is 2. The van der Waals surface area contributed by atoms with Crippen molar-refractivity contribution in [2.75, 3.05) is 37.7 Å². The second-order valence-corrected chi connectivity index (χ2v) is 7.37. The number of carbonyl (C=O) groups is 1. The summed E-state index contributed by atoms with van der Waals surface area (Å²) in [7, 11) is 0. The van der Waals surface area contributed by atoms with Crippen molar-refractivity contribution in [3.05, 3.63) is 59.0 Å². The standard InChI is InChI=1S/C19H21FN6O2.C2HF3O2/c20-9-14(10-21)12-26-19(27)25-13-16(2-4-18(25)23-26)15-1-3-17(22-11-15)24-5-7-28-8-6-24;3-2(4,5)1(6)7/h1-4,9,11,13H,5-8,10,12,21H2;(H,6,7)/b14-9+;. The molecule has 0 aliphatic carbocycles. The van der Waals surface area contributed by atoms with Crippen molar-refractivity contribution >= 4 is 17.4 Å². The molecule has 0 bridgehead atoms. The first-order chi connectivity index (χ1) is 16.6. The number of morpholine rings is 1. The van der Waals surface area contributed by atoms with E-state index in [1.54, 1.807) is 18.5 Å². The van der Waals surface area contributed by atoms with Crippen LogP contribution >= 0.6 is 0 Å². The van der Waals surface area contributed by atoms with Gasteiger partial charge in [-0.3, -0.25) is 0 Å². The van der Waals surface area contributed by atoms with Gasteiger partial charge in [-0.25, -0.2) is 28.0 Å². The third kappa shape index (κ3) is 6.42. The second-order valence-electron chi connectivity index (χ2n) is 7.37. The van der Waals surface area contributed by atoms with Gasteiger partial charge < -0.3 is 20.5 Å². The van der Waals surface area contributed by atoms with Gasteiger partial charge in [0, 0.05) is 43.2 Å². The number of hydrogen-bond acceptors (Lipinski definition) is 7. The van der Waals surface area contributed by atoms with Crippen LogP contribution in [-0.4, -0.2) is 69.3 Å². The van der Waals surface area contributed by atoms with E-state index in [0.717, 1.165) is 30.0 Å². The highest BCUT2D eigenvalue weighted by molar-refractivity contribution is 5.73. The number of alkyl halides is 3. The molecule has 10 nitrogen and oxygen atoms in total. The van der Waals surface area contributed by atoms with Gasteiger partial charge in [0.2, 0.25) is 0 Å². The summed E-state index contributed by atoms with van der Waals surface area (Å²) >= 11 is 0. The van der Waals surface area contributed by atoms with E-state index in [1.165, 1.54) is 9.08 Å². The minimum absolute atomic E-state index is 0.0264. The lowest BCUT2D eigenvalue weighted by atomic mass is 10.1. The van der Waals surface area contributed by atoms with E-state index in [4.69, 9.17) is 20.4 Å². The number of nitrogens with zero attached hydrogens (tertiary/aromatic N) is 5.